The lowest BCUT2D eigenvalue weighted by Crippen LogP contribution is -2.45. The van der Waals surface area contributed by atoms with E-state index < -0.39 is 12.0 Å². The number of hydrogen-bond acceptors (Lipinski definition) is 5. The van der Waals surface area contributed by atoms with Crippen LogP contribution in [-0.2, 0) is 0 Å². The summed E-state index contributed by atoms with van der Waals surface area (Å²) in [7, 11) is 1.73. The van der Waals surface area contributed by atoms with Crippen molar-refractivity contribution in [2.24, 2.45) is 0 Å². The van der Waals surface area contributed by atoms with E-state index in [2.05, 4.69) is 15.3 Å². The third kappa shape index (κ3) is 2.40. The largest absolute Gasteiger partial charge is 0.334 e. The normalized spacial score (nSPS) is 17.2. The fourth-order valence-electron chi connectivity index (χ4n) is 2.34. The van der Waals surface area contributed by atoms with E-state index in [1.807, 2.05) is 6.26 Å². The Morgan fingerprint density at radius 2 is 2.23 bits per heavy atom. The fraction of sp³-hybridized carbons (Fsp3) is 0.214. The lowest BCUT2D eigenvalue weighted by molar-refractivity contribution is 0.0925. The molecule has 0 saturated carbocycles. The van der Waals surface area contributed by atoms with E-state index in [4.69, 9.17) is 11.6 Å². The molecule has 3 rings (SSSR count). The van der Waals surface area contributed by atoms with Crippen molar-refractivity contribution in [3.8, 4) is 0 Å². The average molecular weight is 339 g/mol. The third-order valence-corrected chi connectivity index (χ3v) is 4.33. The summed E-state index contributed by atoms with van der Waals surface area (Å²) in [6.45, 7) is 0. The minimum Gasteiger partial charge on any atom is -0.334 e. The van der Waals surface area contributed by atoms with Gasteiger partial charge >= 0.3 is 0 Å². The van der Waals surface area contributed by atoms with Crippen molar-refractivity contribution >= 4 is 35.1 Å². The molecule has 1 aromatic heterocycles. The number of nitrogens with one attached hydrogen (secondary N) is 1. The molecule has 1 aliphatic heterocycles. The van der Waals surface area contributed by atoms with Gasteiger partial charge in [-0.3, -0.25) is 4.79 Å². The van der Waals surface area contributed by atoms with Gasteiger partial charge in [-0.15, -0.1) is 0 Å². The zero-order valence-electron chi connectivity index (χ0n) is 11.8. The zero-order valence-corrected chi connectivity index (χ0v) is 13.4. The van der Waals surface area contributed by atoms with Gasteiger partial charge in [-0.25, -0.2) is 14.4 Å². The molecule has 5 nitrogen and oxygen atoms in total. The summed E-state index contributed by atoms with van der Waals surface area (Å²) in [6.07, 6.45) is 2.59. The number of anilines is 1. The van der Waals surface area contributed by atoms with Crippen LogP contribution in [0, 0.1) is 5.82 Å². The van der Waals surface area contributed by atoms with Crippen molar-refractivity contribution < 1.29 is 9.18 Å². The van der Waals surface area contributed by atoms with Crippen LogP contribution in [0.4, 0.5) is 10.2 Å². The minimum absolute atomic E-state index is 0.218. The van der Waals surface area contributed by atoms with Gasteiger partial charge in [0.1, 0.15) is 23.4 Å². The summed E-state index contributed by atoms with van der Waals surface area (Å²) in [4.78, 5) is 22.4. The first kappa shape index (κ1) is 15.1. The summed E-state index contributed by atoms with van der Waals surface area (Å²) in [5.41, 5.74) is 0.569. The Kier molecular flexibility index (Phi) is 3.92. The number of hydrogen-bond donors (Lipinski definition) is 1. The first-order valence-electron chi connectivity index (χ1n) is 6.41. The van der Waals surface area contributed by atoms with Crippen LogP contribution in [0.25, 0.3) is 0 Å². The molecule has 2 heterocycles. The lowest BCUT2D eigenvalue weighted by Gasteiger charge is -2.35. The van der Waals surface area contributed by atoms with Gasteiger partial charge in [0, 0.05) is 18.8 Å². The molecule has 0 aliphatic carbocycles. The number of carbonyl (C=O) groups is 1. The van der Waals surface area contributed by atoms with Gasteiger partial charge in [0.2, 0.25) is 0 Å². The molecular weight excluding hydrogens is 327 g/mol. The summed E-state index contributed by atoms with van der Waals surface area (Å²) >= 11 is 7.47. The maximum absolute atomic E-state index is 14.2. The van der Waals surface area contributed by atoms with Gasteiger partial charge in [0.05, 0.1) is 5.02 Å². The Balaban J connectivity index is 2.11. The number of aromatic nitrogens is 2. The van der Waals surface area contributed by atoms with E-state index in [0.717, 1.165) is 0 Å². The predicted molar refractivity (Wildman–Crippen MR) is 83.8 cm³/mol. The second-order valence-electron chi connectivity index (χ2n) is 4.72. The molecule has 2 aromatic rings. The molecule has 0 spiro atoms. The Bertz CT molecular complexity index is 737. The van der Waals surface area contributed by atoms with Crippen molar-refractivity contribution in [2.45, 2.75) is 11.3 Å². The van der Waals surface area contributed by atoms with Gasteiger partial charge in [0.25, 0.3) is 5.91 Å². The molecule has 0 radical (unpaired) electrons. The predicted octanol–water partition coefficient (Wildman–Crippen LogP) is 2.87. The smallest absolute Gasteiger partial charge is 0.258 e. The van der Waals surface area contributed by atoms with Crippen molar-refractivity contribution in [1.29, 1.82) is 0 Å². The van der Waals surface area contributed by atoms with Crippen LogP contribution >= 0.6 is 23.4 Å². The number of benzene rings is 1. The van der Waals surface area contributed by atoms with E-state index in [1.165, 1.54) is 30.1 Å². The van der Waals surface area contributed by atoms with Crippen LogP contribution < -0.4 is 10.2 Å². The highest BCUT2D eigenvalue weighted by Gasteiger charge is 2.34. The van der Waals surface area contributed by atoms with Crippen molar-refractivity contribution in [1.82, 2.24) is 15.3 Å². The molecule has 0 bridgehead atoms. The summed E-state index contributed by atoms with van der Waals surface area (Å²) in [5.74, 6) is -0.385. The van der Waals surface area contributed by atoms with Crippen LogP contribution in [0.3, 0.4) is 0 Å². The zero-order chi connectivity index (χ0) is 15.9. The number of thioether (sulfide) groups is 1. The second-order valence-corrected chi connectivity index (χ2v) is 5.90. The Hall–Kier alpha value is -1.86. The minimum atomic E-state index is -0.724. The second kappa shape index (κ2) is 5.73. The number of rotatable bonds is 2. The van der Waals surface area contributed by atoms with E-state index >= 15 is 0 Å². The molecule has 1 atom stereocenters. The van der Waals surface area contributed by atoms with Crippen molar-refractivity contribution in [3.05, 3.63) is 46.4 Å². The van der Waals surface area contributed by atoms with E-state index in [1.54, 1.807) is 18.0 Å². The Labute approximate surface area is 135 Å². The SMILES string of the molecule is CSc1ncc2c(n1)N(C)C(c1c(F)cccc1Cl)NC2=O. The van der Waals surface area contributed by atoms with Crippen molar-refractivity contribution in [3.63, 3.8) is 0 Å². The first-order valence-corrected chi connectivity index (χ1v) is 8.02. The summed E-state index contributed by atoms with van der Waals surface area (Å²) in [6, 6.07) is 4.42. The van der Waals surface area contributed by atoms with Gasteiger partial charge in [0.15, 0.2) is 5.16 Å². The molecule has 0 saturated heterocycles. The van der Waals surface area contributed by atoms with Crippen LogP contribution in [0.5, 0.6) is 0 Å². The molecule has 0 fully saturated rings. The molecule has 1 unspecified atom stereocenters. The Morgan fingerprint density at radius 1 is 1.45 bits per heavy atom. The fourth-order valence-corrected chi connectivity index (χ4v) is 2.95. The molecule has 1 aliphatic rings. The molecule has 1 amide bonds. The highest BCUT2D eigenvalue weighted by Crippen LogP contribution is 2.34. The van der Waals surface area contributed by atoms with Crippen LogP contribution in [0.2, 0.25) is 5.02 Å². The molecular formula is C14H12ClFN4OS. The maximum atomic E-state index is 14.2. The van der Waals surface area contributed by atoms with Gasteiger partial charge in [-0.05, 0) is 18.4 Å². The van der Waals surface area contributed by atoms with E-state index in [-0.39, 0.29) is 16.5 Å². The van der Waals surface area contributed by atoms with Crippen LogP contribution in [0.1, 0.15) is 22.1 Å². The van der Waals surface area contributed by atoms with Crippen LogP contribution in [0.15, 0.2) is 29.6 Å². The molecule has 8 heteroatoms. The number of carbonyl (C=O) groups excluding carboxylic acids is 1. The number of amides is 1. The Morgan fingerprint density at radius 3 is 2.91 bits per heavy atom. The van der Waals surface area contributed by atoms with E-state index in [0.29, 0.717) is 16.5 Å². The van der Waals surface area contributed by atoms with Gasteiger partial charge < -0.3 is 10.2 Å². The lowest BCUT2D eigenvalue weighted by atomic mass is 10.1. The summed E-state index contributed by atoms with van der Waals surface area (Å²) < 4.78 is 14.2. The first-order chi connectivity index (χ1) is 10.5. The molecule has 1 N–H and O–H groups in total. The average Bonchev–Trinajstić information content (AvgIpc) is 2.51. The maximum Gasteiger partial charge on any atom is 0.258 e. The molecule has 1 aromatic carbocycles. The number of fused-ring (bicyclic) bond motifs is 1. The highest BCUT2D eigenvalue weighted by molar-refractivity contribution is 7.98. The van der Waals surface area contributed by atoms with Crippen LogP contribution in [-0.4, -0.2) is 29.2 Å². The topological polar surface area (TPSA) is 58.1 Å². The monoisotopic (exact) mass is 338 g/mol. The third-order valence-electron chi connectivity index (χ3n) is 3.44. The van der Waals surface area contributed by atoms with Gasteiger partial charge in [-0.2, -0.15) is 0 Å². The van der Waals surface area contributed by atoms with Gasteiger partial charge in [-0.1, -0.05) is 29.4 Å². The standard InChI is InChI=1S/C14H12ClFN4OS/c1-20-11-7(6-17-14(19-11)22-2)13(21)18-12(20)10-8(15)4-3-5-9(10)16/h3-6,12H,1-2H3,(H,18,21). The van der Waals surface area contributed by atoms with Crippen molar-refractivity contribution in [2.75, 3.05) is 18.2 Å². The number of nitrogens with zero attached hydrogens (tertiary/aromatic N) is 3. The highest BCUT2D eigenvalue weighted by atomic mass is 35.5. The molecule has 22 heavy (non-hydrogen) atoms. The summed E-state index contributed by atoms with van der Waals surface area (Å²) in [5, 5.41) is 3.52. The number of halogens is 2. The quantitative estimate of drug-likeness (QED) is 0.674. The van der Waals surface area contributed by atoms with E-state index in [9.17, 15) is 9.18 Å². The molecule has 114 valence electrons.